The van der Waals surface area contributed by atoms with Crippen LogP contribution in [-0.2, 0) is 0 Å². The lowest BCUT2D eigenvalue weighted by atomic mass is 10.1. The zero-order valence-electron chi connectivity index (χ0n) is 15.5. The highest BCUT2D eigenvalue weighted by Crippen LogP contribution is 2.34. The average molecular weight is 384 g/mol. The Hall–Kier alpha value is -3.13. The van der Waals surface area contributed by atoms with Crippen LogP contribution in [0.15, 0.2) is 24.3 Å². The minimum atomic E-state index is -0.486. The maximum Gasteiger partial charge on any atom is 0.281 e. The Kier molecular flexibility index (Phi) is 5.00. The second-order valence-corrected chi connectivity index (χ2v) is 7.20. The number of thiophene rings is 1. The lowest BCUT2D eigenvalue weighted by Crippen LogP contribution is -2.41. The molecule has 8 heteroatoms. The van der Waals surface area contributed by atoms with Crippen molar-refractivity contribution in [3.05, 3.63) is 51.5 Å². The number of hydrogen-bond donors (Lipinski definition) is 3. The standard InChI is InChI=1S/C19H20N4O3S/c1-9-5-6-12(8-13(9)26-4)17(24)22-23-18(25)16-15(20)14-10(2)7-11(3)21-19(14)27-16/h5-8H,20H2,1-4H3,(H,22,24)(H,23,25). The molecule has 1 aromatic carbocycles. The number of fused-ring (bicyclic) bond motifs is 1. The Labute approximate surface area is 160 Å². The van der Waals surface area contributed by atoms with Crippen LogP contribution in [0, 0.1) is 20.8 Å². The number of anilines is 1. The molecule has 4 N–H and O–H groups in total. The van der Waals surface area contributed by atoms with E-state index in [0.29, 0.717) is 26.7 Å². The highest BCUT2D eigenvalue weighted by Gasteiger charge is 2.19. The van der Waals surface area contributed by atoms with Gasteiger partial charge in [-0.25, -0.2) is 4.98 Å². The monoisotopic (exact) mass is 384 g/mol. The first-order valence-corrected chi connectivity index (χ1v) is 9.05. The first kappa shape index (κ1) is 18.7. The molecule has 0 saturated carbocycles. The Morgan fingerprint density at radius 1 is 1.07 bits per heavy atom. The lowest BCUT2D eigenvalue weighted by molar-refractivity contribution is 0.0849. The van der Waals surface area contributed by atoms with Gasteiger partial charge in [-0.3, -0.25) is 20.4 Å². The van der Waals surface area contributed by atoms with Crippen LogP contribution in [0.2, 0.25) is 0 Å². The number of nitrogens with zero attached hydrogens (tertiary/aromatic N) is 1. The van der Waals surface area contributed by atoms with Crippen molar-refractivity contribution >= 4 is 39.1 Å². The molecule has 27 heavy (non-hydrogen) atoms. The minimum Gasteiger partial charge on any atom is -0.496 e. The number of pyridine rings is 1. The largest absolute Gasteiger partial charge is 0.496 e. The van der Waals surface area contributed by atoms with Gasteiger partial charge in [-0.1, -0.05) is 6.07 Å². The van der Waals surface area contributed by atoms with Crippen molar-refractivity contribution in [2.75, 3.05) is 12.8 Å². The molecule has 0 spiro atoms. The molecule has 0 radical (unpaired) electrons. The van der Waals surface area contributed by atoms with Crippen molar-refractivity contribution < 1.29 is 14.3 Å². The molecule has 0 saturated heterocycles. The van der Waals surface area contributed by atoms with Gasteiger partial charge in [0.1, 0.15) is 15.5 Å². The van der Waals surface area contributed by atoms with Crippen molar-refractivity contribution in [3.8, 4) is 5.75 Å². The number of carbonyl (C=O) groups is 2. The topological polar surface area (TPSA) is 106 Å². The third kappa shape index (κ3) is 3.56. The second-order valence-electron chi connectivity index (χ2n) is 6.20. The Balaban J connectivity index is 1.78. The van der Waals surface area contributed by atoms with E-state index in [1.54, 1.807) is 18.2 Å². The highest BCUT2D eigenvalue weighted by molar-refractivity contribution is 7.21. The molecule has 0 aliphatic rings. The summed E-state index contributed by atoms with van der Waals surface area (Å²) in [5, 5.41) is 0.769. The van der Waals surface area contributed by atoms with E-state index < -0.39 is 11.8 Å². The van der Waals surface area contributed by atoms with Crippen LogP contribution in [-0.4, -0.2) is 23.9 Å². The van der Waals surface area contributed by atoms with Crippen LogP contribution in [0.3, 0.4) is 0 Å². The van der Waals surface area contributed by atoms with Gasteiger partial charge in [-0.15, -0.1) is 11.3 Å². The number of aryl methyl sites for hydroxylation is 3. The van der Waals surface area contributed by atoms with E-state index in [1.165, 1.54) is 18.4 Å². The lowest BCUT2D eigenvalue weighted by Gasteiger charge is -2.09. The molecule has 2 heterocycles. The van der Waals surface area contributed by atoms with Crippen LogP contribution in [0.5, 0.6) is 5.75 Å². The van der Waals surface area contributed by atoms with Crippen LogP contribution in [0.25, 0.3) is 10.2 Å². The van der Waals surface area contributed by atoms with E-state index in [-0.39, 0.29) is 0 Å². The van der Waals surface area contributed by atoms with Gasteiger partial charge >= 0.3 is 0 Å². The number of hydrazine groups is 1. The number of carbonyl (C=O) groups excluding carboxylic acids is 2. The van der Waals surface area contributed by atoms with Crippen LogP contribution in [0.4, 0.5) is 5.69 Å². The summed E-state index contributed by atoms with van der Waals surface area (Å²) in [5.41, 5.74) is 14.4. The minimum absolute atomic E-state index is 0.313. The van der Waals surface area contributed by atoms with Gasteiger partial charge in [0.05, 0.1) is 12.8 Å². The van der Waals surface area contributed by atoms with Crippen LogP contribution >= 0.6 is 11.3 Å². The number of benzene rings is 1. The van der Waals surface area contributed by atoms with E-state index in [1.807, 2.05) is 26.8 Å². The molecular weight excluding hydrogens is 364 g/mol. The summed E-state index contributed by atoms with van der Waals surface area (Å²) in [5.74, 6) is -0.342. The maximum absolute atomic E-state index is 12.5. The molecule has 0 unspecified atom stereocenters. The molecule has 2 amide bonds. The van der Waals surface area contributed by atoms with Crippen molar-refractivity contribution in [2.45, 2.75) is 20.8 Å². The predicted molar refractivity (Wildman–Crippen MR) is 106 cm³/mol. The van der Waals surface area contributed by atoms with Crippen molar-refractivity contribution in [1.82, 2.24) is 15.8 Å². The van der Waals surface area contributed by atoms with Gasteiger partial charge in [0.15, 0.2) is 0 Å². The number of nitrogens with one attached hydrogen (secondary N) is 2. The fraction of sp³-hybridized carbons (Fsp3) is 0.211. The molecule has 3 rings (SSSR count). The summed E-state index contributed by atoms with van der Waals surface area (Å²) in [4.78, 5) is 30.2. The summed E-state index contributed by atoms with van der Waals surface area (Å²) in [6.45, 7) is 5.69. The number of nitrogen functional groups attached to an aromatic ring is 1. The van der Waals surface area contributed by atoms with E-state index in [9.17, 15) is 9.59 Å². The summed E-state index contributed by atoms with van der Waals surface area (Å²) in [6.07, 6.45) is 0. The summed E-state index contributed by atoms with van der Waals surface area (Å²) in [6, 6.07) is 6.96. The number of rotatable bonds is 3. The zero-order valence-corrected chi connectivity index (χ0v) is 16.3. The quantitative estimate of drug-likeness (QED) is 0.602. The molecule has 0 bridgehead atoms. The van der Waals surface area contributed by atoms with Crippen LogP contribution in [0.1, 0.15) is 36.9 Å². The van der Waals surface area contributed by atoms with E-state index in [0.717, 1.165) is 22.2 Å². The predicted octanol–water partition coefficient (Wildman–Crippen LogP) is 2.89. The number of ether oxygens (including phenoxy) is 1. The molecule has 7 nitrogen and oxygen atoms in total. The molecular formula is C19H20N4O3S. The first-order valence-electron chi connectivity index (χ1n) is 8.23. The van der Waals surface area contributed by atoms with Crippen molar-refractivity contribution in [2.24, 2.45) is 0 Å². The number of amides is 2. The molecule has 0 aliphatic carbocycles. The SMILES string of the molecule is COc1cc(C(=O)NNC(=O)c2sc3nc(C)cc(C)c3c2N)ccc1C. The van der Waals surface area contributed by atoms with Crippen LogP contribution < -0.4 is 21.3 Å². The second kappa shape index (κ2) is 7.24. The maximum atomic E-state index is 12.5. The third-order valence-electron chi connectivity index (χ3n) is 4.19. The summed E-state index contributed by atoms with van der Waals surface area (Å²) in [7, 11) is 1.54. The molecule has 0 fully saturated rings. The van der Waals surface area contributed by atoms with Gasteiger partial charge in [0, 0.05) is 16.6 Å². The van der Waals surface area contributed by atoms with Gasteiger partial charge in [0.25, 0.3) is 11.8 Å². The number of methoxy groups -OCH3 is 1. The Morgan fingerprint density at radius 3 is 2.48 bits per heavy atom. The molecule has 0 aliphatic heterocycles. The van der Waals surface area contributed by atoms with E-state index in [2.05, 4.69) is 15.8 Å². The normalized spacial score (nSPS) is 10.7. The van der Waals surface area contributed by atoms with Gasteiger partial charge in [0.2, 0.25) is 0 Å². The fourth-order valence-corrected chi connectivity index (χ4v) is 3.95. The molecule has 140 valence electrons. The van der Waals surface area contributed by atoms with Crippen molar-refractivity contribution in [3.63, 3.8) is 0 Å². The van der Waals surface area contributed by atoms with E-state index >= 15 is 0 Å². The van der Waals surface area contributed by atoms with Gasteiger partial charge in [-0.05, 0) is 50.1 Å². The van der Waals surface area contributed by atoms with E-state index in [4.69, 9.17) is 10.5 Å². The Bertz CT molecular complexity index is 1060. The average Bonchev–Trinajstić information content (AvgIpc) is 2.96. The third-order valence-corrected chi connectivity index (χ3v) is 5.29. The smallest absolute Gasteiger partial charge is 0.281 e. The first-order chi connectivity index (χ1) is 12.8. The molecule has 2 aromatic heterocycles. The zero-order chi connectivity index (χ0) is 19.7. The number of hydrogen-bond acceptors (Lipinski definition) is 6. The number of nitrogens with two attached hydrogens (primary N) is 1. The molecule has 0 atom stereocenters. The summed E-state index contributed by atoms with van der Waals surface area (Å²) < 4.78 is 5.21. The van der Waals surface area contributed by atoms with Gasteiger partial charge < -0.3 is 10.5 Å². The Morgan fingerprint density at radius 2 is 1.78 bits per heavy atom. The summed E-state index contributed by atoms with van der Waals surface area (Å²) >= 11 is 1.20. The van der Waals surface area contributed by atoms with Gasteiger partial charge in [-0.2, -0.15) is 0 Å². The van der Waals surface area contributed by atoms with Crippen molar-refractivity contribution in [1.29, 1.82) is 0 Å². The highest BCUT2D eigenvalue weighted by atomic mass is 32.1. The molecule has 3 aromatic rings. The fourth-order valence-electron chi connectivity index (χ4n) is 2.84. The number of aromatic nitrogens is 1.